The van der Waals surface area contributed by atoms with Crippen LogP contribution in [0.3, 0.4) is 0 Å². The Bertz CT molecular complexity index is 278. The summed E-state index contributed by atoms with van der Waals surface area (Å²) in [6, 6.07) is 1.13. The summed E-state index contributed by atoms with van der Waals surface area (Å²) in [7, 11) is 0. The lowest BCUT2D eigenvalue weighted by Gasteiger charge is -2.02. The number of halogens is 3. The molecule has 0 aliphatic carbocycles. The Labute approximate surface area is 73.4 Å². The van der Waals surface area contributed by atoms with Crippen molar-refractivity contribution in [3.8, 4) is 0 Å². The van der Waals surface area contributed by atoms with E-state index >= 15 is 0 Å². The number of nitrogens with zero attached hydrogens (tertiary/aromatic N) is 1. The summed E-state index contributed by atoms with van der Waals surface area (Å²) < 4.78 is 24.1. The second kappa shape index (κ2) is 3.78. The number of rotatable bonds is 2. The van der Waals surface area contributed by atoms with E-state index in [0.717, 1.165) is 6.07 Å². The van der Waals surface area contributed by atoms with E-state index < -0.39 is 6.43 Å². The number of aromatic nitrogens is 1. The molecule has 1 heterocycles. The molecule has 0 saturated carbocycles. The van der Waals surface area contributed by atoms with Crippen LogP contribution in [0.15, 0.2) is 12.3 Å². The Kier molecular flexibility index (Phi) is 2.94. The van der Waals surface area contributed by atoms with E-state index in [-0.39, 0.29) is 17.3 Å². The highest BCUT2D eigenvalue weighted by atomic mass is 35.5. The van der Waals surface area contributed by atoms with Crippen molar-refractivity contribution >= 4 is 11.6 Å². The maximum absolute atomic E-state index is 12.0. The zero-order valence-corrected chi connectivity index (χ0v) is 6.85. The molecule has 0 aromatic carbocycles. The van der Waals surface area contributed by atoms with E-state index in [4.69, 9.17) is 17.3 Å². The molecule has 0 unspecified atom stereocenters. The molecule has 0 aliphatic rings. The lowest BCUT2D eigenvalue weighted by atomic mass is 10.2. The first-order valence-corrected chi connectivity index (χ1v) is 3.65. The Morgan fingerprint density at radius 3 is 2.67 bits per heavy atom. The number of nitrogens with two attached hydrogens (primary N) is 1. The van der Waals surface area contributed by atoms with Crippen LogP contribution in [-0.4, -0.2) is 4.98 Å². The minimum Gasteiger partial charge on any atom is -0.326 e. The summed E-state index contributed by atoms with van der Waals surface area (Å²) >= 11 is 5.62. The van der Waals surface area contributed by atoms with Gasteiger partial charge in [0.1, 0.15) is 5.69 Å². The van der Waals surface area contributed by atoms with E-state index in [2.05, 4.69) is 4.98 Å². The van der Waals surface area contributed by atoms with Gasteiger partial charge in [-0.3, -0.25) is 4.98 Å². The van der Waals surface area contributed by atoms with Gasteiger partial charge in [-0.25, -0.2) is 8.78 Å². The van der Waals surface area contributed by atoms with Gasteiger partial charge >= 0.3 is 0 Å². The fourth-order valence-electron chi connectivity index (χ4n) is 0.743. The molecule has 1 rings (SSSR count). The summed E-state index contributed by atoms with van der Waals surface area (Å²) in [6.07, 6.45) is -1.32. The summed E-state index contributed by atoms with van der Waals surface area (Å²) in [5.41, 5.74) is 5.51. The third-order valence-corrected chi connectivity index (χ3v) is 1.75. The van der Waals surface area contributed by atoms with Gasteiger partial charge in [-0.05, 0) is 6.07 Å². The predicted octanol–water partition coefficient (Wildman–Crippen LogP) is 2.13. The van der Waals surface area contributed by atoms with Crippen LogP contribution in [0, 0.1) is 0 Å². The fourth-order valence-corrected chi connectivity index (χ4v) is 0.981. The Balaban J connectivity index is 3.02. The van der Waals surface area contributed by atoms with E-state index in [1.54, 1.807) is 0 Å². The second-order valence-corrected chi connectivity index (χ2v) is 2.61. The molecule has 0 radical (unpaired) electrons. The smallest absolute Gasteiger partial charge is 0.280 e. The molecule has 12 heavy (non-hydrogen) atoms. The predicted molar refractivity (Wildman–Crippen MR) is 42.1 cm³/mol. The van der Waals surface area contributed by atoms with Crippen LogP contribution in [0.2, 0.25) is 5.02 Å². The van der Waals surface area contributed by atoms with Gasteiger partial charge in [-0.2, -0.15) is 0 Å². The zero-order valence-electron chi connectivity index (χ0n) is 6.10. The molecule has 1 aromatic rings. The Hall–Kier alpha value is -0.740. The maximum atomic E-state index is 12.0. The quantitative estimate of drug-likeness (QED) is 0.780. The van der Waals surface area contributed by atoms with Gasteiger partial charge in [0.15, 0.2) is 0 Å². The molecule has 0 saturated heterocycles. The van der Waals surface area contributed by atoms with Crippen LogP contribution in [-0.2, 0) is 6.54 Å². The van der Waals surface area contributed by atoms with Gasteiger partial charge in [-0.15, -0.1) is 0 Å². The van der Waals surface area contributed by atoms with Crippen LogP contribution in [0.4, 0.5) is 8.78 Å². The first-order chi connectivity index (χ1) is 5.65. The van der Waals surface area contributed by atoms with Crippen molar-refractivity contribution in [1.82, 2.24) is 4.98 Å². The first kappa shape index (κ1) is 9.35. The van der Waals surface area contributed by atoms with Crippen molar-refractivity contribution in [2.45, 2.75) is 13.0 Å². The van der Waals surface area contributed by atoms with Crippen molar-refractivity contribution in [1.29, 1.82) is 0 Å². The molecule has 0 spiro atoms. The number of hydrogen-bond acceptors (Lipinski definition) is 2. The van der Waals surface area contributed by atoms with E-state index in [9.17, 15) is 8.78 Å². The molecule has 0 aliphatic heterocycles. The highest BCUT2D eigenvalue weighted by Gasteiger charge is 2.10. The highest BCUT2D eigenvalue weighted by molar-refractivity contribution is 6.31. The molecule has 2 N–H and O–H groups in total. The van der Waals surface area contributed by atoms with Gasteiger partial charge in [0.05, 0.1) is 0 Å². The van der Waals surface area contributed by atoms with Gasteiger partial charge < -0.3 is 5.73 Å². The molecular weight excluding hydrogens is 186 g/mol. The summed E-state index contributed by atoms with van der Waals surface area (Å²) in [6.45, 7) is 0.204. The molecular formula is C7H7ClF2N2. The van der Waals surface area contributed by atoms with Crippen LogP contribution >= 0.6 is 11.6 Å². The van der Waals surface area contributed by atoms with Crippen LogP contribution in [0.5, 0.6) is 0 Å². The fraction of sp³-hybridized carbons (Fsp3) is 0.286. The van der Waals surface area contributed by atoms with Crippen LogP contribution < -0.4 is 5.73 Å². The first-order valence-electron chi connectivity index (χ1n) is 3.27. The highest BCUT2D eigenvalue weighted by Crippen LogP contribution is 2.21. The zero-order chi connectivity index (χ0) is 9.14. The summed E-state index contributed by atoms with van der Waals surface area (Å²) in [5, 5.41) is 0.239. The van der Waals surface area contributed by atoms with E-state index in [0.29, 0.717) is 5.56 Å². The largest absolute Gasteiger partial charge is 0.326 e. The van der Waals surface area contributed by atoms with Crippen LogP contribution in [0.1, 0.15) is 17.7 Å². The maximum Gasteiger partial charge on any atom is 0.280 e. The monoisotopic (exact) mass is 192 g/mol. The number of pyridine rings is 1. The van der Waals surface area contributed by atoms with Gasteiger partial charge in [0.25, 0.3) is 6.43 Å². The minimum absolute atomic E-state index is 0.204. The molecule has 5 heteroatoms. The summed E-state index contributed by atoms with van der Waals surface area (Å²) in [5.74, 6) is 0. The molecule has 0 bridgehead atoms. The van der Waals surface area contributed by atoms with E-state index in [1.165, 1.54) is 6.20 Å². The second-order valence-electron chi connectivity index (χ2n) is 2.21. The molecule has 2 nitrogen and oxygen atoms in total. The van der Waals surface area contributed by atoms with Crippen molar-refractivity contribution in [3.63, 3.8) is 0 Å². The normalized spacial score (nSPS) is 10.8. The minimum atomic E-state index is -2.59. The average Bonchev–Trinajstić information content (AvgIpc) is 2.04. The summed E-state index contributed by atoms with van der Waals surface area (Å²) in [4.78, 5) is 3.50. The van der Waals surface area contributed by atoms with Crippen molar-refractivity contribution in [2.24, 2.45) is 5.73 Å². The van der Waals surface area contributed by atoms with Crippen molar-refractivity contribution < 1.29 is 8.78 Å². The standard InChI is InChI=1S/C7H7ClF2N2/c8-5-1-6(7(9)10)12-3-4(5)2-11/h1,3,7H,2,11H2. The van der Waals surface area contributed by atoms with Crippen molar-refractivity contribution in [3.05, 3.63) is 28.5 Å². The molecule has 0 fully saturated rings. The Morgan fingerprint density at radius 2 is 2.25 bits per heavy atom. The lowest BCUT2D eigenvalue weighted by molar-refractivity contribution is 0.146. The van der Waals surface area contributed by atoms with Gasteiger partial charge in [-0.1, -0.05) is 11.6 Å². The average molecular weight is 193 g/mol. The number of hydrogen-bond donors (Lipinski definition) is 1. The van der Waals surface area contributed by atoms with Gasteiger partial charge in [0.2, 0.25) is 0 Å². The molecule has 1 aromatic heterocycles. The number of alkyl halides is 2. The lowest BCUT2D eigenvalue weighted by Crippen LogP contribution is -2.00. The third kappa shape index (κ3) is 1.89. The van der Waals surface area contributed by atoms with E-state index in [1.807, 2.05) is 0 Å². The topological polar surface area (TPSA) is 38.9 Å². The van der Waals surface area contributed by atoms with Crippen molar-refractivity contribution in [2.75, 3.05) is 0 Å². The van der Waals surface area contributed by atoms with Gasteiger partial charge in [0, 0.05) is 23.3 Å². The third-order valence-electron chi connectivity index (χ3n) is 1.39. The molecule has 0 amide bonds. The molecule has 66 valence electrons. The SMILES string of the molecule is NCc1cnc(C(F)F)cc1Cl. The Morgan fingerprint density at radius 1 is 1.58 bits per heavy atom. The van der Waals surface area contributed by atoms with Crippen LogP contribution in [0.25, 0.3) is 0 Å². The molecule has 0 atom stereocenters.